The second-order valence-corrected chi connectivity index (χ2v) is 6.29. The van der Waals surface area contributed by atoms with Gasteiger partial charge in [-0.3, -0.25) is 9.69 Å². The molecule has 0 radical (unpaired) electrons. The minimum atomic E-state index is -4.40. The number of tetrazole rings is 1. The number of alkyl halides is 3. The third-order valence-corrected chi connectivity index (χ3v) is 4.49. The van der Waals surface area contributed by atoms with Gasteiger partial charge in [-0.2, -0.15) is 17.9 Å². The van der Waals surface area contributed by atoms with Gasteiger partial charge in [-0.1, -0.05) is 6.42 Å². The van der Waals surface area contributed by atoms with E-state index in [0.29, 0.717) is 37.6 Å². The van der Waals surface area contributed by atoms with Gasteiger partial charge in [0.25, 0.3) is 0 Å². The molecule has 1 saturated heterocycles. The highest BCUT2D eigenvalue weighted by molar-refractivity contribution is 5.75. The molecule has 0 aliphatic carbocycles. The van der Waals surface area contributed by atoms with Crippen LogP contribution >= 0.6 is 0 Å². The summed E-state index contributed by atoms with van der Waals surface area (Å²) < 4.78 is 44.7. The van der Waals surface area contributed by atoms with Crippen LogP contribution in [0.4, 0.5) is 13.2 Å². The van der Waals surface area contributed by atoms with Crippen LogP contribution in [0, 0.1) is 0 Å². The summed E-state index contributed by atoms with van der Waals surface area (Å²) in [5.41, 5.74) is -0.313. The Morgan fingerprint density at radius 1 is 1.26 bits per heavy atom. The number of carbonyl (C=O) groups excluding carboxylic acids is 1. The van der Waals surface area contributed by atoms with Crippen LogP contribution < -0.4 is 0 Å². The van der Waals surface area contributed by atoms with Crippen LogP contribution in [0.1, 0.15) is 37.6 Å². The molecule has 0 N–H and O–H groups in total. The maximum absolute atomic E-state index is 12.7. The Kier molecular flexibility index (Phi) is 5.73. The van der Waals surface area contributed by atoms with E-state index < -0.39 is 11.7 Å². The van der Waals surface area contributed by atoms with E-state index in [1.165, 1.54) is 16.8 Å². The summed E-state index contributed by atoms with van der Waals surface area (Å²) in [6.45, 7) is 3.07. The summed E-state index contributed by atoms with van der Waals surface area (Å²) in [7, 11) is 0. The Bertz CT molecular complexity index is 776. The van der Waals surface area contributed by atoms with Gasteiger partial charge in [0.05, 0.1) is 24.4 Å². The lowest BCUT2D eigenvalue weighted by molar-refractivity contribution is -0.151. The molecular formula is C17H20F3N5O2. The van der Waals surface area contributed by atoms with Crippen LogP contribution in [0.15, 0.2) is 24.3 Å². The molecule has 7 nitrogen and oxygen atoms in total. The number of hydrogen-bond acceptors (Lipinski definition) is 6. The lowest BCUT2D eigenvalue weighted by atomic mass is 10.0. The number of hydrogen-bond donors (Lipinski definition) is 0. The van der Waals surface area contributed by atoms with E-state index in [1.807, 2.05) is 4.90 Å². The van der Waals surface area contributed by atoms with Crippen LogP contribution in [-0.2, 0) is 22.3 Å². The first kappa shape index (κ1) is 19.3. The van der Waals surface area contributed by atoms with E-state index in [9.17, 15) is 18.0 Å². The molecule has 146 valence electrons. The van der Waals surface area contributed by atoms with Gasteiger partial charge in [0.2, 0.25) is 0 Å². The molecule has 2 aromatic rings. The van der Waals surface area contributed by atoms with E-state index in [1.54, 1.807) is 6.92 Å². The molecule has 1 aromatic carbocycles. The summed E-state index contributed by atoms with van der Waals surface area (Å²) in [5.74, 6) is 0.178. The zero-order valence-electron chi connectivity index (χ0n) is 14.8. The van der Waals surface area contributed by atoms with Crippen molar-refractivity contribution >= 4 is 5.97 Å². The van der Waals surface area contributed by atoms with Crippen molar-refractivity contribution in [1.82, 2.24) is 25.1 Å². The van der Waals surface area contributed by atoms with E-state index in [2.05, 4.69) is 15.5 Å². The van der Waals surface area contributed by atoms with Crippen LogP contribution in [0.3, 0.4) is 0 Å². The van der Waals surface area contributed by atoms with Gasteiger partial charge in [-0.25, -0.2) is 0 Å². The lowest BCUT2D eigenvalue weighted by Crippen LogP contribution is -2.45. The number of ether oxygens (including phenoxy) is 1. The van der Waals surface area contributed by atoms with Gasteiger partial charge < -0.3 is 4.74 Å². The monoisotopic (exact) mass is 383 g/mol. The molecule has 1 atom stereocenters. The first-order valence-electron chi connectivity index (χ1n) is 8.75. The summed E-state index contributed by atoms with van der Waals surface area (Å²) in [4.78, 5) is 14.1. The maximum Gasteiger partial charge on any atom is 0.416 e. The standard InChI is InChI=1S/C17H20F3N5O2/c1-2-27-16(26)14-5-3-4-10-24(14)11-15-21-22-23-25(15)13-8-6-12(7-9-13)17(18,19)20/h6-9,14H,2-5,10-11H2,1H3. The van der Waals surface area contributed by atoms with Crippen molar-refractivity contribution in [2.24, 2.45) is 0 Å². The number of nitrogens with zero attached hydrogens (tertiary/aromatic N) is 5. The zero-order chi connectivity index (χ0) is 19.4. The van der Waals surface area contributed by atoms with Gasteiger partial charge in [0.15, 0.2) is 5.82 Å². The van der Waals surface area contributed by atoms with Gasteiger partial charge in [0.1, 0.15) is 6.04 Å². The highest BCUT2D eigenvalue weighted by atomic mass is 19.4. The lowest BCUT2D eigenvalue weighted by Gasteiger charge is -2.33. The van der Waals surface area contributed by atoms with Crippen LogP contribution in [-0.4, -0.2) is 50.3 Å². The quantitative estimate of drug-likeness (QED) is 0.739. The minimum absolute atomic E-state index is 0.272. The first-order chi connectivity index (χ1) is 12.9. The van der Waals surface area contributed by atoms with Crippen molar-refractivity contribution in [2.75, 3.05) is 13.2 Å². The Hall–Kier alpha value is -2.49. The number of aromatic nitrogens is 4. The Labute approximate surface area is 154 Å². The van der Waals surface area contributed by atoms with Crippen molar-refractivity contribution in [1.29, 1.82) is 0 Å². The van der Waals surface area contributed by atoms with E-state index in [0.717, 1.165) is 25.0 Å². The molecular weight excluding hydrogens is 363 g/mol. The van der Waals surface area contributed by atoms with E-state index >= 15 is 0 Å². The molecule has 2 heterocycles. The van der Waals surface area contributed by atoms with Crippen LogP contribution in [0.5, 0.6) is 0 Å². The summed E-state index contributed by atoms with van der Waals surface area (Å²) >= 11 is 0. The largest absolute Gasteiger partial charge is 0.465 e. The zero-order valence-corrected chi connectivity index (χ0v) is 14.8. The van der Waals surface area contributed by atoms with Crippen LogP contribution in [0.2, 0.25) is 0 Å². The van der Waals surface area contributed by atoms with Crippen molar-refractivity contribution in [3.8, 4) is 5.69 Å². The molecule has 3 rings (SSSR count). The molecule has 10 heteroatoms. The van der Waals surface area contributed by atoms with Gasteiger partial charge in [-0.05, 0) is 61.0 Å². The molecule has 0 amide bonds. The average Bonchev–Trinajstić information content (AvgIpc) is 3.10. The molecule has 1 aliphatic rings. The third-order valence-electron chi connectivity index (χ3n) is 4.49. The Balaban J connectivity index is 1.79. The fourth-order valence-corrected chi connectivity index (χ4v) is 3.16. The van der Waals surface area contributed by atoms with Gasteiger partial charge >= 0.3 is 12.1 Å². The third kappa shape index (κ3) is 4.44. The SMILES string of the molecule is CCOC(=O)C1CCCCN1Cc1nnnn1-c1ccc(C(F)(F)F)cc1. The first-order valence-corrected chi connectivity index (χ1v) is 8.75. The highest BCUT2D eigenvalue weighted by Gasteiger charge is 2.32. The molecule has 1 aromatic heterocycles. The van der Waals surface area contributed by atoms with E-state index in [-0.39, 0.29) is 12.0 Å². The fraction of sp³-hybridized carbons (Fsp3) is 0.529. The normalized spacial score (nSPS) is 18.4. The summed E-state index contributed by atoms with van der Waals surface area (Å²) in [6.07, 6.45) is -1.83. The maximum atomic E-state index is 12.7. The smallest absolute Gasteiger partial charge is 0.416 e. The topological polar surface area (TPSA) is 73.1 Å². The molecule has 27 heavy (non-hydrogen) atoms. The number of piperidine rings is 1. The number of esters is 1. The number of benzene rings is 1. The summed E-state index contributed by atoms with van der Waals surface area (Å²) in [6, 6.07) is 4.26. The molecule has 0 spiro atoms. The molecule has 0 bridgehead atoms. The number of rotatable bonds is 5. The Morgan fingerprint density at radius 3 is 2.67 bits per heavy atom. The summed E-state index contributed by atoms with van der Waals surface area (Å²) in [5, 5.41) is 11.5. The van der Waals surface area contributed by atoms with E-state index in [4.69, 9.17) is 4.74 Å². The highest BCUT2D eigenvalue weighted by Crippen LogP contribution is 2.29. The fourth-order valence-electron chi connectivity index (χ4n) is 3.16. The molecule has 1 unspecified atom stereocenters. The second kappa shape index (κ2) is 8.03. The number of likely N-dealkylation sites (tertiary alicyclic amines) is 1. The van der Waals surface area contributed by atoms with Crippen LogP contribution in [0.25, 0.3) is 5.69 Å². The molecule has 0 saturated carbocycles. The number of carbonyl (C=O) groups is 1. The minimum Gasteiger partial charge on any atom is -0.465 e. The van der Waals surface area contributed by atoms with Gasteiger partial charge in [-0.15, -0.1) is 5.10 Å². The Morgan fingerprint density at radius 2 is 2.00 bits per heavy atom. The van der Waals surface area contributed by atoms with Crippen molar-refractivity contribution in [3.63, 3.8) is 0 Å². The average molecular weight is 383 g/mol. The van der Waals surface area contributed by atoms with Crippen molar-refractivity contribution in [3.05, 3.63) is 35.7 Å². The van der Waals surface area contributed by atoms with Gasteiger partial charge in [0, 0.05) is 0 Å². The van der Waals surface area contributed by atoms with Crippen molar-refractivity contribution < 1.29 is 22.7 Å². The second-order valence-electron chi connectivity index (χ2n) is 6.29. The molecule has 1 aliphatic heterocycles. The predicted molar refractivity (Wildman–Crippen MR) is 88.8 cm³/mol. The molecule has 1 fully saturated rings. The predicted octanol–water partition coefficient (Wildman–Crippen LogP) is 2.60. The number of halogens is 3. The van der Waals surface area contributed by atoms with Crippen molar-refractivity contribution in [2.45, 2.75) is 44.9 Å².